The number of halogens is 2. The molecule has 1 fully saturated rings. The molecule has 0 atom stereocenters. The Morgan fingerprint density at radius 2 is 1.57 bits per heavy atom. The summed E-state index contributed by atoms with van der Waals surface area (Å²) in [4.78, 5) is 0. The van der Waals surface area contributed by atoms with Crippen LogP contribution in [-0.4, -0.2) is 6.04 Å². The maximum Gasteiger partial charge on any atom is 0.134 e. The minimum absolute atomic E-state index is 0. The van der Waals surface area contributed by atoms with Crippen LogP contribution in [-0.2, 0) is 6.54 Å². The van der Waals surface area contributed by atoms with Gasteiger partial charge in [-0.1, -0.05) is 43.7 Å². The summed E-state index contributed by atoms with van der Waals surface area (Å²) >= 11 is 5.92. The van der Waals surface area contributed by atoms with Gasteiger partial charge in [0, 0.05) is 16.6 Å². The van der Waals surface area contributed by atoms with E-state index < -0.39 is 0 Å². The number of rotatable bonds is 4. The van der Waals surface area contributed by atoms with E-state index in [0.29, 0.717) is 6.04 Å². The Morgan fingerprint density at radius 1 is 0.913 bits per heavy atom. The monoisotopic (exact) mass is 353 g/mol. The smallest absolute Gasteiger partial charge is 0.134 e. The topological polar surface area (TPSA) is 25.2 Å². The zero-order valence-electron chi connectivity index (χ0n) is 13.4. The average Bonchev–Trinajstić information content (AvgIpc) is 2.96. The molecule has 1 aromatic carbocycles. The summed E-state index contributed by atoms with van der Waals surface area (Å²) in [6.07, 6.45) is 9.49. The SMILES string of the molecule is Cl.Clc1ccc(-c2ccc(CNC3CCCCCCC3)o2)cc1. The van der Waals surface area contributed by atoms with E-state index in [2.05, 4.69) is 11.4 Å². The third kappa shape index (κ3) is 5.56. The molecule has 1 aliphatic rings. The minimum atomic E-state index is 0. The Hall–Kier alpha value is -0.960. The molecule has 1 saturated carbocycles. The molecule has 0 spiro atoms. The van der Waals surface area contributed by atoms with E-state index in [1.807, 2.05) is 30.3 Å². The van der Waals surface area contributed by atoms with Crippen molar-refractivity contribution < 1.29 is 4.42 Å². The summed E-state index contributed by atoms with van der Waals surface area (Å²) in [7, 11) is 0. The molecule has 0 aliphatic heterocycles. The van der Waals surface area contributed by atoms with E-state index in [1.165, 1.54) is 44.9 Å². The van der Waals surface area contributed by atoms with Crippen LogP contribution in [0.1, 0.15) is 50.7 Å². The van der Waals surface area contributed by atoms with Crippen molar-refractivity contribution >= 4 is 24.0 Å². The molecular weight excluding hydrogens is 329 g/mol. The predicted octanol–water partition coefficient (Wildman–Crippen LogP) is 6.22. The molecule has 0 radical (unpaired) electrons. The Labute approximate surface area is 150 Å². The van der Waals surface area contributed by atoms with Gasteiger partial charge in [-0.25, -0.2) is 0 Å². The van der Waals surface area contributed by atoms with Crippen LogP contribution in [0, 0.1) is 0 Å². The molecule has 4 heteroatoms. The first-order chi connectivity index (χ1) is 10.8. The van der Waals surface area contributed by atoms with Gasteiger partial charge in [0.15, 0.2) is 0 Å². The van der Waals surface area contributed by atoms with Gasteiger partial charge in [-0.15, -0.1) is 12.4 Å². The summed E-state index contributed by atoms with van der Waals surface area (Å²) in [5.74, 6) is 1.91. The van der Waals surface area contributed by atoms with Gasteiger partial charge >= 0.3 is 0 Å². The lowest BCUT2D eigenvalue weighted by Gasteiger charge is -2.20. The number of furan rings is 1. The summed E-state index contributed by atoms with van der Waals surface area (Å²) < 4.78 is 5.95. The molecule has 0 unspecified atom stereocenters. The average molecular weight is 354 g/mol. The second kappa shape index (κ2) is 9.36. The van der Waals surface area contributed by atoms with Crippen LogP contribution >= 0.6 is 24.0 Å². The largest absolute Gasteiger partial charge is 0.460 e. The first-order valence-electron chi connectivity index (χ1n) is 8.39. The lowest BCUT2D eigenvalue weighted by molar-refractivity contribution is 0.373. The molecule has 2 aromatic rings. The van der Waals surface area contributed by atoms with E-state index in [1.54, 1.807) is 0 Å². The molecule has 2 nitrogen and oxygen atoms in total. The van der Waals surface area contributed by atoms with Crippen molar-refractivity contribution in [2.45, 2.75) is 57.5 Å². The Morgan fingerprint density at radius 3 is 2.26 bits per heavy atom. The van der Waals surface area contributed by atoms with E-state index in [-0.39, 0.29) is 12.4 Å². The molecule has 1 aromatic heterocycles. The van der Waals surface area contributed by atoms with Crippen molar-refractivity contribution in [2.75, 3.05) is 0 Å². The molecule has 126 valence electrons. The van der Waals surface area contributed by atoms with Crippen LogP contribution in [0.25, 0.3) is 11.3 Å². The fourth-order valence-electron chi connectivity index (χ4n) is 3.15. The highest BCUT2D eigenvalue weighted by Crippen LogP contribution is 2.24. The molecule has 23 heavy (non-hydrogen) atoms. The standard InChI is InChI=1S/C19H24ClNO.ClH/c20-16-10-8-15(9-11-16)19-13-12-18(22-19)14-21-17-6-4-2-1-3-5-7-17;/h8-13,17,21H,1-7,14H2;1H. The first-order valence-corrected chi connectivity index (χ1v) is 8.77. The molecule has 0 bridgehead atoms. The lowest BCUT2D eigenvalue weighted by atomic mass is 9.97. The van der Waals surface area contributed by atoms with Crippen molar-refractivity contribution in [1.82, 2.24) is 5.32 Å². The molecule has 3 rings (SSSR count). The van der Waals surface area contributed by atoms with Crippen LogP contribution in [0.3, 0.4) is 0 Å². The van der Waals surface area contributed by atoms with Gasteiger partial charge in [0.05, 0.1) is 6.54 Å². The van der Waals surface area contributed by atoms with E-state index in [9.17, 15) is 0 Å². The van der Waals surface area contributed by atoms with E-state index >= 15 is 0 Å². The Balaban J connectivity index is 0.00000192. The van der Waals surface area contributed by atoms with Crippen molar-refractivity contribution in [3.63, 3.8) is 0 Å². The molecule has 1 N–H and O–H groups in total. The number of hydrogen-bond donors (Lipinski definition) is 1. The first kappa shape index (κ1) is 18.4. The predicted molar refractivity (Wildman–Crippen MR) is 99.3 cm³/mol. The zero-order valence-corrected chi connectivity index (χ0v) is 15.0. The van der Waals surface area contributed by atoms with E-state index in [0.717, 1.165) is 28.7 Å². The quantitative estimate of drug-likeness (QED) is 0.705. The third-order valence-corrected chi connectivity index (χ3v) is 4.71. The van der Waals surface area contributed by atoms with Gasteiger partial charge in [-0.3, -0.25) is 0 Å². The van der Waals surface area contributed by atoms with Crippen LogP contribution in [0.5, 0.6) is 0 Å². The van der Waals surface area contributed by atoms with Crippen molar-refractivity contribution in [3.8, 4) is 11.3 Å². The molecule has 1 heterocycles. The highest BCUT2D eigenvalue weighted by atomic mass is 35.5. The van der Waals surface area contributed by atoms with Gasteiger partial charge < -0.3 is 9.73 Å². The van der Waals surface area contributed by atoms with Gasteiger partial charge in [0.25, 0.3) is 0 Å². The maximum atomic E-state index is 5.95. The fraction of sp³-hybridized carbons (Fsp3) is 0.474. The fourth-order valence-corrected chi connectivity index (χ4v) is 3.27. The number of nitrogens with one attached hydrogen (secondary N) is 1. The van der Waals surface area contributed by atoms with Crippen molar-refractivity contribution in [2.24, 2.45) is 0 Å². The molecule has 0 saturated heterocycles. The van der Waals surface area contributed by atoms with Gasteiger partial charge in [0.1, 0.15) is 11.5 Å². The second-order valence-corrected chi connectivity index (χ2v) is 6.63. The Bertz CT molecular complexity index is 571. The van der Waals surface area contributed by atoms with Crippen LogP contribution < -0.4 is 5.32 Å². The number of benzene rings is 1. The molecular formula is C19H25Cl2NO. The Kier molecular flexibility index (Phi) is 7.48. The van der Waals surface area contributed by atoms with Gasteiger partial charge in [0.2, 0.25) is 0 Å². The summed E-state index contributed by atoms with van der Waals surface area (Å²) in [6, 6.07) is 12.5. The lowest BCUT2D eigenvalue weighted by Crippen LogP contribution is -2.29. The summed E-state index contributed by atoms with van der Waals surface area (Å²) in [6.45, 7) is 0.818. The highest BCUT2D eigenvalue weighted by molar-refractivity contribution is 6.30. The summed E-state index contributed by atoms with van der Waals surface area (Å²) in [5, 5.41) is 4.42. The third-order valence-electron chi connectivity index (χ3n) is 4.46. The van der Waals surface area contributed by atoms with Crippen molar-refractivity contribution in [1.29, 1.82) is 0 Å². The molecule has 0 amide bonds. The van der Waals surface area contributed by atoms with Gasteiger partial charge in [-0.05, 0) is 49.2 Å². The van der Waals surface area contributed by atoms with E-state index in [4.69, 9.17) is 16.0 Å². The van der Waals surface area contributed by atoms with Crippen molar-refractivity contribution in [3.05, 3.63) is 47.2 Å². The zero-order chi connectivity index (χ0) is 15.2. The van der Waals surface area contributed by atoms with Crippen LogP contribution in [0.15, 0.2) is 40.8 Å². The minimum Gasteiger partial charge on any atom is -0.460 e. The molecule has 1 aliphatic carbocycles. The van der Waals surface area contributed by atoms with Gasteiger partial charge in [-0.2, -0.15) is 0 Å². The van der Waals surface area contributed by atoms with Crippen LogP contribution in [0.4, 0.5) is 0 Å². The van der Waals surface area contributed by atoms with Crippen LogP contribution in [0.2, 0.25) is 5.02 Å². The maximum absolute atomic E-state index is 5.95. The second-order valence-electron chi connectivity index (χ2n) is 6.20. The highest BCUT2D eigenvalue weighted by Gasteiger charge is 2.12. The normalized spacial score (nSPS) is 16.4. The summed E-state index contributed by atoms with van der Waals surface area (Å²) in [5.41, 5.74) is 1.07. The number of hydrogen-bond acceptors (Lipinski definition) is 2.